The van der Waals surface area contributed by atoms with E-state index < -0.39 is 23.9 Å². The molecule has 0 aliphatic carbocycles. The zero-order valence-corrected chi connectivity index (χ0v) is 13.6. The van der Waals surface area contributed by atoms with Crippen LogP contribution in [0.15, 0.2) is 24.4 Å². The smallest absolute Gasteiger partial charge is 0.331 e. The summed E-state index contributed by atoms with van der Waals surface area (Å²) in [6.07, 6.45) is 2.41. The van der Waals surface area contributed by atoms with Crippen molar-refractivity contribution < 1.29 is 23.9 Å². The molecule has 1 rings (SSSR count). The predicted molar refractivity (Wildman–Crippen MR) is 82.6 cm³/mol. The van der Waals surface area contributed by atoms with Crippen LogP contribution >= 0.6 is 0 Å². The fourth-order valence-electron chi connectivity index (χ4n) is 1.65. The largest absolute Gasteiger partial charge is 0.463 e. The third kappa shape index (κ3) is 5.93. The molecule has 0 fully saturated rings. The van der Waals surface area contributed by atoms with E-state index in [1.54, 1.807) is 23.9 Å². The van der Waals surface area contributed by atoms with Gasteiger partial charge in [0.25, 0.3) is 5.91 Å². The van der Waals surface area contributed by atoms with Crippen LogP contribution in [0.2, 0.25) is 0 Å². The quantitative estimate of drug-likeness (QED) is 0.602. The summed E-state index contributed by atoms with van der Waals surface area (Å²) >= 11 is 0. The van der Waals surface area contributed by atoms with Gasteiger partial charge in [-0.15, -0.1) is 0 Å². The molecule has 0 bridgehead atoms. The molecule has 1 aromatic heterocycles. The molecule has 1 N–H and O–H groups in total. The van der Waals surface area contributed by atoms with Crippen LogP contribution in [0, 0.1) is 0 Å². The first-order chi connectivity index (χ1) is 10.8. The second-order valence-corrected chi connectivity index (χ2v) is 4.91. The molecule has 0 saturated carbocycles. The van der Waals surface area contributed by atoms with Gasteiger partial charge in [0.05, 0.1) is 12.8 Å². The Kier molecular flexibility index (Phi) is 6.98. The van der Waals surface area contributed by atoms with Crippen LogP contribution in [0.1, 0.15) is 33.7 Å². The lowest BCUT2D eigenvalue weighted by Crippen LogP contribution is -2.30. The summed E-state index contributed by atoms with van der Waals surface area (Å²) < 4.78 is 11.2. The van der Waals surface area contributed by atoms with Crippen molar-refractivity contribution in [2.24, 2.45) is 0 Å². The lowest BCUT2D eigenvalue weighted by atomic mass is 10.3. The third-order valence-electron chi connectivity index (χ3n) is 2.71. The molecule has 1 atom stereocenters. The maximum atomic E-state index is 12.0. The number of rotatable bonds is 7. The number of ether oxygens (including phenoxy) is 2. The van der Waals surface area contributed by atoms with Gasteiger partial charge in [0, 0.05) is 24.3 Å². The van der Waals surface area contributed by atoms with Gasteiger partial charge in [0.15, 0.2) is 6.10 Å². The van der Waals surface area contributed by atoms with E-state index in [1.165, 1.54) is 6.92 Å². The van der Waals surface area contributed by atoms with Crippen LogP contribution in [0.4, 0.5) is 5.82 Å². The van der Waals surface area contributed by atoms with Crippen molar-refractivity contribution in [3.8, 4) is 0 Å². The summed E-state index contributed by atoms with van der Waals surface area (Å²) in [6, 6.07) is 1.72. The minimum Gasteiger partial charge on any atom is -0.463 e. The number of carbonyl (C=O) groups is 3. The van der Waals surface area contributed by atoms with Crippen LogP contribution in [0.5, 0.6) is 0 Å². The monoisotopic (exact) mass is 323 g/mol. The Hall–Kier alpha value is -2.64. The van der Waals surface area contributed by atoms with Crippen molar-refractivity contribution >= 4 is 23.7 Å². The molecule has 1 amide bonds. The summed E-state index contributed by atoms with van der Waals surface area (Å²) in [5.41, 5.74) is 0. The van der Waals surface area contributed by atoms with Gasteiger partial charge in [-0.3, -0.25) is 4.79 Å². The van der Waals surface area contributed by atoms with Gasteiger partial charge >= 0.3 is 11.9 Å². The van der Waals surface area contributed by atoms with Crippen LogP contribution in [0.25, 0.3) is 0 Å². The maximum absolute atomic E-state index is 12.0. The second-order valence-electron chi connectivity index (χ2n) is 4.91. The molecule has 8 nitrogen and oxygen atoms in total. The lowest BCUT2D eigenvalue weighted by molar-refractivity contribution is -0.148. The third-order valence-corrected chi connectivity index (χ3v) is 2.71. The Bertz CT molecular complexity index is 592. The molecule has 1 aromatic rings. The molecule has 0 aliphatic rings. The van der Waals surface area contributed by atoms with E-state index in [2.05, 4.69) is 15.2 Å². The first-order valence-corrected chi connectivity index (χ1v) is 7.25. The highest BCUT2D eigenvalue weighted by Crippen LogP contribution is 2.13. The van der Waals surface area contributed by atoms with E-state index in [0.29, 0.717) is 5.82 Å². The van der Waals surface area contributed by atoms with E-state index in [4.69, 9.17) is 4.74 Å². The maximum Gasteiger partial charge on any atom is 0.331 e. The van der Waals surface area contributed by atoms with E-state index >= 15 is 0 Å². The fourth-order valence-corrected chi connectivity index (χ4v) is 1.65. The van der Waals surface area contributed by atoms with Gasteiger partial charge in [-0.2, -0.15) is 5.10 Å². The molecule has 1 heterocycles. The Balaban J connectivity index is 2.55. The van der Waals surface area contributed by atoms with Gasteiger partial charge in [0.2, 0.25) is 0 Å². The summed E-state index contributed by atoms with van der Waals surface area (Å²) in [5, 5.41) is 6.72. The van der Waals surface area contributed by atoms with E-state index in [-0.39, 0.29) is 12.6 Å². The van der Waals surface area contributed by atoms with Crippen molar-refractivity contribution in [2.45, 2.75) is 39.8 Å². The molecule has 0 saturated heterocycles. The first kappa shape index (κ1) is 18.4. The number of carbonyl (C=O) groups excluding carboxylic acids is 3. The van der Waals surface area contributed by atoms with Gasteiger partial charge in [-0.25, -0.2) is 14.3 Å². The number of hydrogen-bond donors (Lipinski definition) is 1. The Morgan fingerprint density at radius 2 is 1.91 bits per heavy atom. The number of anilines is 1. The topological polar surface area (TPSA) is 99.5 Å². The standard InChI is InChI=1S/C15H21N3O5/c1-5-22-13(19)6-7-14(20)23-11(4)15(21)17-12-8-9-16-18(12)10(2)3/h6-11H,5H2,1-4H3,(H,17,21)/b7-6+. The minimum absolute atomic E-state index is 0.0747. The second kappa shape index (κ2) is 8.72. The Morgan fingerprint density at radius 1 is 1.26 bits per heavy atom. The van der Waals surface area contributed by atoms with Crippen molar-refractivity contribution in [2.75, 3.05) is 11.9 Å². The summed E-state index contributed by atoms with van der Waals surface area (Å²) in [6.45, 7) is 7.14. The highest BCUT2D eigenvalue weighted by Gasteiger charge is 2.18. The summed E-state index contributed by atoms with van der Waals surface area (Å²) in [5.74, 6) is -1.44. The average Bonchev–Trinajstić information content (AvgIpc) is 2.93. The highest BCUT2D eigenvalue weighted by molar-refractivity contribution is 5.96. The Labute approximate surface area is 134 Å². The molecule has 8 heteroatoms. The number of hydrogen-bond acceptors (Lipinski definition) is 6. The predicted octanol–water partition coefficient (Wildman–Crippen LogP) is 1.45. The number of amides is 1. The van der Waals surface area contributed by atoms with Crippen molar-refractivity contribution in [1.29, 1.82) is 0 Å². The van der Waals surface area contributed by atoms with Gasteiger partial charge in [-0.05, 0) is 27.7 Å². The van der Waals surface area contributed by atoms with E-state index in [1.807, 2.05) is 13.8 Å². The summed E-state index contributed by atoms with van der Waals surface area (Å²) in [7, 11) is 0. The first-order valence-electron chi connectivity index (χ1n) is 7.25. The van der Waals surface area contributed by atoms with Gasteiger partial charge in [-0.1, -0.05) is 0 Å². The van der Waals surface area contributed by atoms with Crippen LogP contribution in [-0.4, -0.2) is 40.3 Å². The zero-order chi connectivity index (χ0) is 17.4. The SMILES string of the molecule is CCOC(=O)/C=C/C(=O)OC(C)C(=O)Nc1ccnn1C(C)C. The van der Waals surface area contributed by atoms with Gasteiger partial charge in [0.1, 0.15) is 5.82 Å². The number of aromatic nitrogens is 2. The number of nitrogens with zero attached hydrogens (tertiary/aromatic N) is 2. The van der Waals surface area contributed by atoms with Crippen LogP contribution in [0.3, 0.4) is 0 Å². The molecule has 0 aromatic carbocycles. The zero-order valence-electron chi connectivity index (χ0n) is 13.6. The van der Waals surface area contributed by atoms with Crippen molar-refractivity contribution in [3.63, 3.8) is 0 Å². The Morgan fingerprint density at radius 3 is 2.52 bits per heavy atom. The molecular weight excluding hydrogens is 302 g/mol. The van der Waals surface area contributed by atoms with Crippen LogP contribution in [-0.2, 0) is 23.9 Å². The molecule has 0 radical (unpaired) electrons. The highest BCUT2D eigenvalue weighted by atomic mass is 16.5. The van der Waals surface area contributed by atoms with Crippen LogP contribution < -0.4 is 5.32 Å². The molecule has 0 spiro atoms. The van der Waals surface area contributed by atoms with Crippen molar-refractivity contribution in [1.82, 2.24) is 9.78 Å². The number of nitrogens with one attached hydrogen (secondary N) is 1. The molecule has 1 unspecified atom stereocenters. The minimum atomic E-state index is -1.02. The number of esters is 2. The van der Waals surface area contributed by atoms with Gasteiger partial charge < -0.3 is 14.8 Å². The van der Waals surface area contributed by atoms with Crippen molar-refractivity contribution in [3.05, 3.63) is 24.4 Å². The normalized spacial score (nSPS) is 12.2. The molecule has 126 valence electrons. The average molecular weight is 323 g/mol. The lowest BCUT2D eigenvalue weighted by Gasteiger charge is -2.15. The molecule has 23 heavy (non-hydrogen) atoms. The van der Waals surface area contributed by atoms with E-state index in [9.17, 15) is 14.4 Å². The molecular formula is C15H21N3O5. The van der Waals surface area contributed by atoms with E-state index in [0.717, 1.165) is 12.2 Å². The summed E-state index contributed by atoms with van der Waals surface area (Å²) in [4.78, 5) is 34.6. The fraction of sp³-hybridized carbons (Fsp3) is 0.467. The molecule has 0 aliphatic heterocycles.